The van der Waals surface area contributed by atoms with Crippen molar-refractivity contribution in [2.45, 2.75) is 13.5 Å². The first-order valence-electron chi connectivity index (χ1n) is 4.04. The van der Waals surface area contributed by atoms with Gasteiger partial charge in [0.2, 0.25) is 0 Å². The molecule has 2 aromatic heterocycles. The third-order valence-corrected chi connectivity index (χ3v) is 2.17. The SMILES string of the molecule is Cc1cc(Cl)cn2cc(CN)nc12. The highest BCUT2D eigenvalue weighted by atomic mass is 35.5. The normalized spacial score (nSPS) is 11.0. The van der Waals surface area contributed by atoms with E-state index >= 15 is 0 Å². The maximum Gasteiger partial charge on any atom is 0.140 e. The molecule has 0 aromatic carbocycles. The standard InChI is InChI=1S/C9H10ClN3/c1-6-2-7(10)4-13-5-8(3-11)12-9(6)13/h2,4-5H,3,11H2,1H3. The molecule has 0 fully saturated rings. The smallest absolute Gasteiger partial charge is 0.140 e. The van der Waals surface area contributed by atoms with Crippen molar-refractivity contribution in [2.24, 2.45) is 5.73 Å². The number of aromatic nitrogens is 2. The average Bonchev–Trinajstić information content (AvgIpc) is 2.47. The van der Waals surface area contributed by atoms with Crippen LogP contribution in [0.1, 0.15) is 11.3 Å². The number of nitrogens with zero attached hydrogens (tertiary/aromatic N) is 2. The van der Waals surface area contributed by atoms with E-state index < -0.39 is 0 Å². The van der Waals surface area contributed by atoms with E-state index in [-0.39, 0.29) is 0 Å². The quantitative estimate of drug-likeness (QED) is 0.754. The number of hydrogen-bond donors (Lipinski definition) is 1. The third-order valence-electron chi connectivity index (χ3n) is 1.96. The highest BCUT2D eigenvalue weighted by molar-refractivity contribution is 6.30. The number of hydrogen-bond acceptors (Lipinski definition) is 2. The topological polar surface area (TPSA) is 43.3 Å². The van der Waals surface area contributed by atoms with Gasteiger partial charge in [-0.3, -0.25) is 0 Å². The summed E-state index contributed by atoms with van der Waals surface area (Å²) in [5.41, 5.74) is 8.36. The molecule has 0 saturated carbocycles. The zero-order chi connectivity index (χ0) is 9.42. The predicted octanol–water partition coefficient (Wildman–Crippen LogP) is 1.75. The summed E-state index contributed by atoms with van der Waals surface area (Å²) in [7, 11) is 0. The summed E-state index contributed by atoms with van der Waals surface area (Å²) in [6.07, 6.45) is 3.73. The Morgan fingerprint density at radius 2 is 2.31 bits per heavy atom. The lowest BCUT2D eigenvalue weighted by molar-refractivity contribution is 1.01. The molecule has 0 aliphatic rings. The highest BCUT2D eigenvalue weighted by Crippen LogP contribution is 2.16. The van der Waals surface area contributed by atoms with Crippen LogP contribution in [-0.4, -0.2) is 9.38 Å². The van der Waals surface area contributed by atoms with Gasteiger partial charge in [0.05, 0.1) is 10.7 Å². The van der Waals surface area contributed by atoms with Crippen LogP contribution in [0.25, 0.3) is 5.65 Å². The van der Waals surface area contributed by atoms with E-state index in [1.807, 2.05) is 29.8 Å². The van der Waals surface area contributed by atoms with Crippen molar-refractivity contribution >= 4 is 17.2 Å². The van der Waals surface area contributed by atoms with Crippen LogP contribution in [0.15, 0.2) is 18.5 Å². The molecule has 2 rings (SSSR count). The average molecular weight is 196 g/mol. The number of aryl methyl sites for hydroxylation is 1. The van der Waals surface area contributed by atoms with Gasteiger partial charge in [-0.25, -0.2) is 4.98 Å². The molecule has 0 atom stereocenters. The van der Waals surface area contributed by atoms with Crippen molar-refractivity contribution in [1.82, 2.24) is 9.38 Å². The van der Waals surface area contributed by atoms with Gasteiger partial charge in [-0.2, -0.15) is 0 Å². The molecule has 0 radical (unpaired) electrons. The lowest BCUT2D eigenvalue weighted by Crippen LogP contribution is -1.95. The van der Waals surface area contributed by atoms with E-state index in [0.29, 0.717) is 11.6 Å². The Hall–Kier alpha value is -1.06. The van der Waals surface area contributed by atoms with Crippen molar-refractivity contribution in [1.29, 1.82) is 0 Å². The maximum atomic E-state index is 5.90. The van der Waals surface area contributed by atoms with Crippen LogP contribution in [0, 0.1) is 6.92 Å². The zero-order valence-corrected chi connectivity index (χ0v) is 8.04. The molecule has 0 saturated heterocycles. The number of imidazole rings is 1. The third kappa shape index (κ3) is 1.41. The van der Waals surface area contributed by atoms with Crippen LogP contribution in [0.3, 0.4) is 0 Å². The fourth-order valence-electron chi connectivity index (χ4n) is 1.37. The summed E-state index contributed by atoms with van der Waals surface area (Å²) in [4.78, 5) is 4.35. The molecule has 0 aliphatic heterocycles. The van der Waals surface area contributed by atoms with E-state index in [1.54, 1.807) is 0 Å². The fourth-order valence-corrected chi connectivity index (χ4v) is 1.64. The van der Waals surface area contributed by atoms with Gasteiger partial charge < -0.3 is 10.1 Å². The molecule has 4 heteroatoms. The van der Waals surface area contributed by atoms with Crippen molar-refractivity contribution in [3.05, 3.63) is 34.7 Å². The Kier molecular flexibility index (Phi) is 1.98. The molecule has 0 spiro atoms. The van der Waals surface area contributed by atoms with Gasteiger partial charge in [-0.05, 0) is 18.6 Å². The zero-order valence-electron chi connectivity index (χ0n) is 7.29. The Morgan fingerprint density at radius 3 is 3.00 bits per heavy atom. The van der Waals surface area contributed by atoms with Gasteiger partial charge in [-0.15, -0.1) is 0 Å². The molecule has 0 amide bonds. The van der Waals surface area contributed by atoms with Gasteiger partial charge in [0, 0.05) is 18.9 Å². The van der Waals surface area contributed by atoms with Crippen LogP contribution in [0.5, 0.6) is 0 Å². The predicted molar refractivity (Wildman–Crippen MR) is 52.8 cm³/mol. The Labute approximate surface area is 81.1 Å². The summed E-state index contributed by atoms with van der Waals surface area (Å²) in [6.45, 7) is 2.44. The number of fused-ring (bicyclic) bond motifs is 1. The van der Waals surface area contributed by atoms with E-state index in [4.69, 9.17) is 17.3 Å². The molecular formula is C9H10ClN3. The molecule has 3 nitrogen and oxygen atoms in total. The summed E-state index contributed by atoms with van der Waals surface area (Å²) in [6, 6.07) is 1.89. The maximum absolute atomic E-state index is 5.90. The molecule has 2 N–H and O–H groups in total. The first kappa shape index (κ1) is 8.53. The second kappa shape index (κ2) is 3.01. The Morgan fingerprint density at radius 1 is 1.54 bits per heavy atom. The molecule has 0 aliphatic carbocycles. The molecule has 0 unspecified atom stereocenters. The van der Waals surface area contributed by atoms with E-state index in [9.17, 15) is 0 Å². The fraction of sp³-hybridized carbons (Fsp3) is 0.222. The Balaban J connectivity index is 2.75. The van der Waals surface area contributed by atoms with Crippen molar-refractivity contribution < 1.29 is 0 Å². The van der Waals surface area contributed by atoms with Crippen LogP contribution >= 0.6 is 11.6 Å². The Bertz CT molecular complexity index is 447. The molecule has 13 heavy (non-hydrogen) atoms. The van der Waals surface area contributed by atoms with Crippen LogP contribution in [-0.2, 0) is 6.54 Å². The van der Waals surface area contributed by atoms with Crippen LogP contribution in [0.4, 0.5) is 0 Å². The van der Waals surface area contributed by atoms with Crippen molar-refractivity contribution in [3.63, 3.8) is 0 Å². The van der Waals surface area contributed by atoms with E-state index in [2.05, 4.69) is 4.98 Å². The monoisotopic (exact) mass is 195 g/mol. The van der Waals surface area contributed by atoms with Gasteiger partial charge in [-0.1, -0.05) is 11.6 Å². The second-order valence-corrected chi connectivity index (χ2v) is 3.45. The number of nitrogens with two attached hydrogens (primary N) is 1. The molecule has 2 heterocycles. The minimum atomic E-state index is 0.457. The first-order valence-corrected chi connectivity index (χ1v) is 4.42. The summed E-state index contributed by atoms with van der Waals surface area (Å²) < 4.78 is 1.90. The van der Waals surface area contributed by atoms with Gasteiger partial charge in [0.25, 0.3) is 0 Å². The van der Waals surface area contributed by atoms with E-state index in [0.717, 1.165) is 16.9 Å². The van der Waals surface area contributed by atoms with E-state index in [1.165, 1.54) is 0 Å². The lowest BCUT2D eigenvalue weighted by atomic mass is 10.3. The largest absolute Gasteiger partial charge is 0.325 e. The minimum Gasteiger partial charge on any atom is -0.325 e. The van der Waals surface area contributed by atoms with Crippen LogP contribution in [0.2, 0.25) is 5.02 Å². The first-order chi connectivity index (χ1) is 6.20. The highest BCUT2D eigenvalue weighted by Gasteiger charge is 2.03. The molecule has 2 aromatic rings. The summed E-state index contributed by atoms with van der Waals surface area (Å²) in [5.74, 6) is 0. The number of halogens is 1. The molecule has 0 bridgehead atoms. The van der Waals surface area contributed by atoms with Crippen LogP contribution < -0.4 is 5.73 Å². The molecular weight excluding hydrogens is 186 g/mol. The van der Waals surface area contributed by atoms with Crippen molar-refractivity contribution in [2.75, 3.05) is 0 Å². The molecule has 68 valence electrons. The van der Waals surface area contributed by atoms with Gasteiger partial charge >= 0.3 is 0 Å². The van der Waals surface area contributed by atoms with Gasteiger partial charge in [0.15, 0.2) is 0 Å². The van der Waals surface area contributed by atoms with Gasteiger partial charge in [0.1, 0.15) is 5.65 Å². The minimum absolute atomic E-state index is 0.457. The second-order valence-electron chi connectivity index (χ2n) is 3.01. The summed E-state index contributed by atoms with van der Waals surface area (Å²) in [5, 5.41) is 0.714. The number of rotatable bonds is 1. The lowest BCUT2D eigenvalue weighted by Gasteiger charge is -1.97. The van der Waals surface area contributed by atoms with Crippen molar-refractivity contribution in [3.8, 4) is 0 Å². The number of pyridine rings is 1. The summed E-state index contributed by atoms with van der Waals surface area (Å²) >= 11 is 5.90.